The number of nitrogens with zero attached hydrogens (tertiary/aromatic N) is 3. The van der Waals surface area contributed by atoms with Gasteiger partial charge in [0, 0.05) is 7.05 Å². The molecular weight excluding hydrogens is 222 g/mol. The standard InChI is InChI=1S/C11H17N3O3/c1-7-4-8(2)17-10(7)11(15)14(3)5-9-12-6-16-13-9/h6-8,10H,4-5H2,1-3H3. The molecule has 0 bridgehead atoms. The summed E-state index contributed by atoms with van der Waals surface area (Å²) in [7, 11) is 1.72. The zero-order chi connectivity index (χ0) is 12.4. The predicted octanol–water partition coefficient (Wildman–Crippen LogP) is 0.841. The summed E-state index contributed by atoms with van der Waals surface area (Å²) in [6, 6.07) is 0. The summed E-state index contributed by atoms with van der Waals surface area (Å²) >= 11 is 0. The zero-order valence-electron chi connectivity index (χ0n) is 10.3. The van der Waals surface area contributed by atoms with Crippen LogP contribution in [0.2, 0.25) is 0 Å². The molecule has 3 unspecified atom stereocenters. The van der Waals surface area contributed by atoms with Crippen LogP contribution in [0.5, 0.6) is 0 Å². The maximum Gasteiger partial charge on any atom is 0.252 e. The topological polar surface area (TPSA) is 68.5 Å². The van der Waals surface area contributed by atoms with E-state index in [1.54, 1.807) is 11.9 Å². The first kappa shape index (κ1) is 12.0. The smallest absolute Gasteiger partial charge is 0.252 e. The number of rotatable bonds is 3. The number of carbonyl (C=O) groups excluding carboxylic acids is 1. The number of hydrogen-bond acceptors (Lipinski definition) is 5. The van der Waals surface area contributed by atoms with Gasteiger partial charge in [-0.25, -0.2) is 0 Å². The maximum absolute atomic E-state index is 12.1. The molecule has 6 heteroatoms. The van der Waals surface area contributed by atoms with Gasteiger partial charge in [0.1, 0.15) is 6.10 Å². The molecule has 0 spiro atoms. The first-order valence-electron chi connectivity index (χ1n) is 5.73. The van der Waals surface area contributed by atoms with E-state index in [2.05, 4.69) is 14.7 Å². The third kappa shape index (κ3) is 2.63. The van der Waals surface area contributed by atoms with E-state index >= 15 is 0 Å². The molecule has 17 heavy (non-hydrogen) atoms. The summed E-state index contributed by atoms with van der Waals surface area (Å²) in [5.74, 6) is 0.733. The normalized spacial score (nSPS) is 28.3. The van der Waals surface area contributed by atoms with Gasteiger partial charge in [0.15, 0.2) is 5.82 Å². The largest absolute Gasteiger partial charge is 0.365 e. The first-order valence-corrected chi connectivity index (χ1v) is 5.73. The predicted molar refractivity (Wildman–Crippen MR) is 58.9 cm³/mol. The van der Waals surface area contributed by atoms with E-state index in [1.165, 1.54) is 6.39 Å². The van der Waals surface area contributed by atoms with Crippen molar-refractivity contribution in [1.29, 1.82) is 0 Å². The van der Waals surface area contributed by atoms with Gasteiger partial charge in [0.2, 0.25) is 6.39 Å². The molecule has 3 atom stereocenters. The molecule has 0 N–H and O–H groups in total. The van der Waals surface area contributed by atoms with E-state index in [0.29, 0.717) is 12.4 Å². The quantitative estimate of drug-likeness (QED) is 0.781. The monoisotopic (exact) mass is 239 g/mol. The Labute approximate surface area is 99.9 Å². The molecule has 2 heterocycles. The van der Waals surface area contributed by atoms with Crippen molar-refractivity contribution in [3.63, 3.8) is 0 Å². The van der Waals surface area contributed by atoms with Crippen LogP contribution in [0.15, 0.2) is 10.9 Å². The van der Waals surface area contributed by atoms with E-state index in [9.17, 15) is 4.79 Å². The van der Waals surface area contributed by atoms with E-state index < -0.39 is 0 Å². The number of ether oxygens (including phenoxy) is 1. The molecule has 0 radical (unpaired) electrons. The third-order valence-electron chi connectivity index (χ3n) is 3.00. The van der Waals surface area contributed by atoms with Crippen molar-refractivity contribution in [3.8, 4) is 0 Å². The Morgan fingerprint density at radius 1 is 1.59 bits per heavy atom. The Morgan fingerprint density at radius 2 is 2.35 bits per heavy atom. The highest BCUT2D eigenvalue weighted by molar-refractivity contribution is 5.81. The molecule has 1 aromatic rings. The molecule has 0 saturated carbocycles. The van der Waals surface area contributed by atoms with Gasteiger partial charge in [-0.1, -0.05) is 12.1 Å². The summed E-state index contributed by atoms with van der Waals surface area (Å²) < 4.78 is 10.2. The summed E-state index contributed by atoms with van der Waals surface area (Å²) in [5.41, 5.74) is 0. The minimum Gasteiger partial charge on any atom is -0.365 e. The highest BCUT2D eigenvalue weighted by atomic mass is 16.5. The molecule has 6 nitrogen and oxygen atoms in total. The number of likely N-dealkylation sites (N-methyl/N-ethyl adjacent to an activating group) is 1. The molecule has 0 aromatic carbocycles. The number of hydrogen-bond donors (Lipinski definition) is 0. The molecule has 1 fully saturated rings. The van der Waals surface area contributed by atoms with Crippen LogP contribution in [0.4, 0.5) is 0 Å². The van der Waals surface area contributed by atoms with E-state index in [-0.39, 0.29) is 24.0 Å². The van der Waals surface area contributed by atoms with Crippen molar-refractivity contribution in [2.45, 2.75) is 39.0 Å². The van der Waals surface area contributed by atoms with Crippen molar-refractivity contribution in [2.24, 2.45) is 5.92 Å². The second-order valence-corrected chi connectivity index (χ2v) is 4.62. The molecule has 1 amide bonds. The number of carbonyl (C=O) groups is 1. The summed E-state index contributed by atoms with van der Waals surface area (Å²) in [6.45, 7) is 4.37. The van der Waals surface area contributed by atoms with Crippen molar-refractivity contribution in [1.82, 2.24) is 15.0 Å². The highest BCUT2D eigenvalue weighted by Crippen LogP contribution is 2.27. The second kappa shape index (κ2) is 4.83. The van der Waals surface area contributed by atoms with Gasteiger partial charge in [0.25, 0.3) is 5.91 Å². The molecule has 1 aliphatic heterocycles. The van der Waals surface area contributed by atoms with Crippen molar-refractivity contribution in [2.75, 3.05) is 7.05 Å². The highest BCUT2D eigenvalue weighted by Gasteiger charge is 2.36. The summed E-state index contributed by atoms with van der Waals surface area (Å²) in [5, 5.41) is 3.68. The van der Waals surface area contributed by atoms with E-state index in [0.717, 1.165) is 6.42 Å². The van der Waals surface area contributed by atoms with Crippen LogP contribution in [0.3, 0.4) is 0 Å². The Hall–Kier alpha value is -1.43. The van der Waals surface area contributed by atoms with Crippen LogP contribution in [0, 0.1) is 5.92 Å². The van der Waals surface area contributed by atoms with E-state index in [4.69, 9.17) is 4.74 Å². The van der Waals surface area contributed by atoms with Crippen LogP contribution >= 0.6 is 0 Å². The fraction of sp³-hybridized carbons (Fsp3) is 0.727. The molecule has 94 valence electrons. The molecule has 1 saturated heterocycles. The van der Waals surface area contributed by atoms with Gasteiger partial charge in [-0.15, -0.1) is 0 Å². The first-order chi connectivity index (χ1) is 8.08. The van der Waals surface area contributed by atoms with Gasteiger partial charge in [-0.05, 0) is 19.3 Å². The Balaban J connectivity index is 1.95. The van der Waals surface area contributed by atoms with Crippen LogP contribution in [0.1, 0.15) is 26.1 Å². The molecule has 0 aliphatic carbocycles. The van der Waals surface area contributed by atoms with Gasteiger partial charge < -0.3 is 14.2 Å². The second-order valence-electron chi connectivity index (χ2n) is 4.62. The molecule has 1 aromatic heterocycles. The summed E-state index contributed by atoms with van der Waals surface area (Å²) in [6.07, 6.45) is 1.98. The molecule has 2 rings (SSSR count). The van der Waals surface area contributed by atoms with Crippen LogP contribution in [-0.2, 0) is 16.1 Å². The lowest BCUT2D eigenvalue weighted by Gasteiger charge is -2.21. The van der Waals surface area contributed by atoms with Gasteiger partial charge >= 0.3 is 0 Å². The lowest BCUT2D eigenvalue weighted by Crippen LogP contribution is -2.38. The Kier molecular flexibility index (Phi) is 3.42. The average molecular weight is 239 g/mol. The third-order valence-corrected chi connectivity index (χ3v) is 3.00. The zero-order valence-corrected chi connectivity index (χ0v) is 10.3. The average Bonchev–Trinajstić information content (AvgIpc) is 2.87. The van der Waals surface area contributed by atoms with Gasteiger partial charge in [-0.2, -0.15) is 4.98 Å². The lowest BCUT2D eigenvalue weighted by atomic mass is 10.0. The van der Waals surface area contributed by atoms with Gasteiger partial charge in [0.05, 0.1) is 12.6 Å². The SMILES string of the molecule is CC1CC(C)C(C(=O)N(C)Cc2ncon2)O1. The van der Waals surface area contributed by atoms with Gasteiger partial charge in [-0.3, -0.25) is 4.79 Å². The van der Waals surface area contributed by atoms with Crippen molar-refractivity contribution < 1.29 is 14.1 Å². The number of amides is 1. The van der Waals surface area contributed by atoms with Crippen molar-refractivity contribution in [3.05, 3.63) is 12.2 Å². The minimum atomic E-state index is -0.345. The fourth-order valence-electron chi connectivity index (χ4n) is 2.16. The summed E-state index contributed by atoms with van der Waals surface area (Å²) in [4.78, 5) is 17.6. The maximum atomic E-state index is 12.1. The van der Waals surface area contributed by atoms with Crippen LogP contribution in [-0.4, -0.2) is 40.2 Å². The lowest BCUT2D eigenvalue weighted by molar-refractivity contribution is -0.143. The molecule has 1 aliphatic rings. The number of aromatic nitrogens is 2. The fourth-order valence-corrected chi connectivity index (χ4v) is 2.16. The van der Waals surface area contributed by atoms with E-state index in [1.807, 2.05) is 13.8 Å². The van der Waals surface area contributed by atoms with Crippen molar-refractivity contribution >= 4 is 5.91 Å². The molecular formula is C11H17N3O3. The van der Waals surface area contributed by atoms with Crippen LogP contribution in [0.25, 0.3) is 0 Å². The Bertz CT molecular complexity index is 379. The van der Waals surface area contributed by atoms with Crippen LogP contribution < -0.4 is 0 Å². The Morgan fingerprint density at radius 3 is 2.88 bits per heavy atom. The minimum absolute atomic E-state index is 0.0216.